The van der Waals surface area contributed by atoms with Crippen molar-refractivity contribution in [1.29, 1.82) is 0 Å². The van der Waals surface area contributed by atoms with Gasteiger partial charge in [0.2, 0.25) is 5.91 Å². The molecule has 2 aromatic rings. The van der Waals surface area contributed by atoms with E-state index in [1.165, 1.54) is 12.8 Å². The van der Waals surface area contributed by atoms with Crippen LogP contribution < -0.4 is 15.5 Å². The van der Waals surface area contributed by atoms with Crippen molar-refractivity contribution < 1.29 is 9.59 Å². The normalized spacial score (nSPS) is 15.1. The Balaban J connectivity index is 1.59. The first-order valence-corrected chi connectivity index (χ1v) is 8.23. The molecule has 3 rings (SSSR count). The van der Waals surface area contributed by atoms with Gasteiger partial charge in [0.15, 0.2) is 0 Å². The van der Waals surface area contributed by atoms with Crippen molar-refractivity contribution in [1.82, 2.24) is 10.3 Å². The number of aromatic nitrogens is 1. The van der Waals surface area contributed by atoms with E-state index in [4.69, 9.17) is 0 Å². The third-order valence-corrected chi connectivity index (χ3v) is 4.17. The minimum Gasteiger partial charge on any atom is -0.371 e. The Morgan fingerprint density at radius 2 is 1.96 bits per heavy atom. The van der Waals surface area contributed by atoms with Gasteiger partial charge in [-0.1, -0.05) is 6.07 Å². The van der Waals surface area contributed by atoms with Gasteiger partial charge < -0.3 is 20.5 Å². The molecule has 1 aliphatic heterocycles. The van der Waals surface area contributed by atoms with E-state index in [9.17, 15) is 9.59 Å². The second-order valence-corrected chi connectivity index (χ2v) is 6.01. The number of aromatic amines is 1. The summed E-state index contributed by atoms with van der Waals surface area (Å²) in [6.45, 7) is 3.78. The molecule has 1 saturated heterocycles. The number of nitrogens with zero attached hydrogens (tertiary/aromatic N) is 1. The van der Waals surface area contributed by atoms with E-state index in [-0.39, 0.29) is 11.8 Å². The highest BCUT2D eigenvalue weighted by Crippen LogP contribution is 2.23. The van der Waals surface area contributed by atoms with Crippen LogP contribution in [0, 0.1) is 0 Å². The molecule has 0 saturated carbocycles. The molecule has 1 fully saturated rings. The van der Waals surface area contributed by atoms with E-state index >= 15 is 0 Å². The van der Waals surface area contributed by atoms with Crippen LogP contribution >= 0.6 is 0 Å². The minimum atomic E-state index is -0.628. The van der Waals surface area contributed by atoms with E-state index in [2.05, 4.69) is 26.6 Å². The number of amides is 2. The maximum absolute atomic E-state index is 12.3. The first kappa shape index (κ1) is 16.1. The molecule has 1 aromatic heterocycles. The summed E-state index contributed by atoms with van der Waals surface area (Å²) < 4.78 is 0. The van der Waals surface area contributed by atoms with Gasteiger partial charge in [-0.2, -0.15) is 0 Å². The lowest BCUT2D eigenvalue weighted by molar-refractivity contribution is -0.117. The first-order valence-electron chi connectivity index (χ1n) is 8.23. The van der Waals surface area contributed by atoms with Crippen LogP contribution in [0.2, 0.25) is 0 Å². The molecule has 2 heterocycles. The Bertz CT molecular complexity index is 706. The predicted octanol–water partition coefficient (Wildman–Crippen LogP) is 2.37. The van der Waals surface area contributed by atoms with Crippen LogP contribution in [0.3, 0.4) is 0 Å². The summed E-state index contributed by atoms with van der Waals surface area (Å²) in [6, 6.07) is 10.6. The van der Waals surface area contributed by atoms with Gasteiger partial charge in [-0.25, -0.2) is 0 Å². The largest absolute Gasteiger partial charge is 0.371 e. The minimum absolute atomic E-state index is 0.242. The van der Waals surface area contributed by atoms with Crippen LogP contribution in [-0.2, 0) is 4.79 Å². The molecule has 6 nitrogen and oxygen atoms in total. The summed E-state index contributed by atoms with van der Waals surface area (Å²) in [5.41, 5.74) is 2.30. The molecular formula is C18H22N4O2. The van der Waals surface area contributed by atoms with Gasteiger partial charge in [-0.05, 0) is 50.1 Å². The number of nitrogens with one attached hydrogen (secondary N) is 3. The van der Waals surface area contributed by atoms with Crippen molar-refractivity contribution >= 4 is 23.2 Å². The van der Waals surface area contributed by atoms with Gasteiger partial charge in [-0.3, -0.25) is 9.59 Å². The van der Waals surface area contributed by atoms with Gasteiger partial charge in [-0.15, -0.1) is 0 Å². The number of rotatable bonds is 5. The molecule has 1 atom stereocenters. The molecule has 3 N–H and O–H groups in total. The second-order valence-electron chi connectivity index (χ2n) is 6.01. The van der Waals surface area contributed by atoms with E-state index < -0.39 is 6.04 Å². The summed E-state index contributed by atoms with van der Waals surface area (Å²) in [7, 11) is 0. The van der Waals surface area contributed by atoms with Crippen molar-refractivity contribution in [3.8, 4) is 0 Å². The maximum atomic E-state index is 12.3. The van der Waals surface area contributed by atoms with E-state index in [1.54, 1.807) is 25.3 Å². The quantitative estimate of drug-likeness (QED) is 0.789. The molecular weight excluding hydrogens is 304 g/mol. The summed E-state index contributed by atoms with van der Waals surface area (Å²) in [4.78, 5) is 29.4. The summed E-state index contributed by atoms with van der Waals surface area (Å²) in [5.74, 6) is -0.540. The summed E-state index contributed by atoms with van der Waals surface area (Å²) in [5, 5.41) is 5.55. The average molecular weight is 326 g/mol. The number of benzene rings is 1. The van der Waals surface area contributed by atoms with Crippen LogP contribution in [0.1, 0.15) is 30.3 Å². The highest BCUT2D eigenvalue weighted by molar-refractivity contribution is 6.00. The van der Waals surface area contributed by atoms with Crippen molar-refractivity contribution in [3.05, 3.63) is 48.3 Å². The number of H-pyrrole nitrogens is 1. The Morgan fingerprint density at radius 3 is 2.67 bits per heavy atom. The van der Waals surface area contributed by atoms with Gasteiger partial charge >= 0.3 is 0 Å². The zero-order valence-corrected chi connectivity index (χ0v) is 13.7. The van der Waals surface area contributed by atoms with Crippen LogP contribution in [0.5, 0.6) is 0 Å². The average Bonchev–Trinajstić information content (AvgIpc) is 3.28. The van der Waals surface area contributed by atoms with Crippen molar-refractivity contribution in [3.63, 3.8) is 0 Å². The number of carbonyl (C=O) groups is 2. The van der Waals surface area contributed by atoms with Gasteiger partial charge in [0.1, 0.15) is 11.7 Å². The lowest BCUT2D eigenvalue weighted by Gasteiger charge is -2.19. The Kier molecular flexibility index (Phi) is 4.84. The molecule has 0 radical (unpaired) electrons. The zero-order valence-electron chi connectivity index (χ0n) is 13.7. The SMILES string of the molecule is CC(NC(=O)c1ccc[nH]1)C(=O)Nc1cccc(N2CCCC2)c1. The fourth-order valence-electron chi connectivity index (χ4n) is 2.82. The van der Waals surface area contributed by atoms with Crippen LogP contribution in [0.4, 0.5) is 11.4 Å². The number of carbonyl (C=O) groups excluding carboxylic acids is 2. The molecule has 6 heteroatoms. The van der Waals surface area contributed by atoms with Gasteiger partial charge in [0.05, 0.1) is 0 Å². The van der Waals surface area contributed by atoms with Crippen LogP contribution in [0.15, 0.2) is 42.6 Å². The third-order valence-electron chi connectivity index (χ3n) is 4.17. The van der Waals surface area contributed by atoms with Crippen molar-refractivity contribution in [2.24, 2.45) is 0 Å². The third kappa shape index (κ3) is 3.76. The predicted molar refractivity (Wildman–Crippen MR) is 94.2 cm³/mol. The molecule has 1 aliphatic rings. The molecule has 2 amide bonds. The lowest BCUT2D eigenvalue weighted by Crippen LogP contribution is -2.41. The first-order chi connectivity index (χ1) is 11.6. The molecule has 126 valence electrons. The summed E-state index contributed by atoms with van der Waals surface area (Å²) in [6.07, 6.45) is 4.08. The van der Waals surface area contributed by atoms with Gasteiger partial charge in [0, 0.05) is 30.7 Å². The van der Waals surface area contributed by atoms with E-state index in [0.29, 0.717) is 5.69 Å². The number of hydrogen-bond donors (Lipinski definition) is 3. The monoisotopic (exact) mass is 326 g/mol. The highest BCUT2D eigenvalue weighted by Gasteiger charge is 2.18. The van der Waals surface area contributed by atoms with Gasteiger partial charge in [0.25, 0.3) is 5.91 Å². The van der Waals surface area contributed by atoms with E-state index in [0.717, 1.165) is 24.5 Å². The van der Waals surface area contributed by atoms with Crippen molar-refractivity contribution in [2.45, 2.75) is 25.8 Å². The second kappa shape index (κ2) is 7.21. The molecule has 0 aliphatic carbocycles. The molecule has 24 heavy (non-hydrogen) atoms. The van der Waals surface area contributed by atoms with E-state index in [1.807, 2.05) is 18.2 Å². The van der Waals surface area contributed by atoms with Crippen LogP contribution in [-0.4, -0.2) is 35.9 Å². The molecule has 1 aromatic carbocycles. The standard InChI is InChI=1S/C18H22N4O2/c1-13(20-18(24)16-8-5-9-19-16)17(23)21-14-6-4-7-15(12-14)22-10-2-3-11-22/h4-9,12-13,19H,2-3,10-11H2,1H3,(H,20,24)(H,21,23). The fourth-order valence-corrected chi connectivity index (χ4v) is 2.82. The fraction of sp³-hybridized carbons (Fsp3) is 0.333. The highest BCUT2D eigenvalue weighted by atomic mass is 16.2. The Hall–Kier alpha value is -2.76. The Labute approximate surface area is 141 Å². The number of anilines is 2. The Morgan fingerprint density at radius 1 is 1.17 bits per heavy atom. The molecule has 0 spiro atoms. The summed E-state index contributed by atoms with van der Waals surface area (Å²) >= 11 is 0. The lowest BCUT2D eigenvalue weighted by atomic mass is 10.2. The maximum Gasteiger partial charge on any atom is 0.268 e. The topological polar surface area (TPSA) is 77.2 Å². The zero-order chi connectivity index (χ0) is 16.9. The number of hydrogen-bond acceptors (Lipinski definition) is 3. The molecule has 0 bridgehead atoms. The molecule has 1 unspecified atom stereocenters. The smallest absolute Gasteiger partial charge is 0.268 e. The van der Waals surface area contributed by atoms with Crippen molar-refractivity contribution in [2.75, 3.05) is 23.3 Å². The van der Waals surface area contributed by atoms with Crippen LogP contribution in [0.25, 0.3) is 0 Å².